The van der Waals surface area contributed by atoms with Crippen molar-refractivity contribution in [2.75, 3.05) is 13.1 Å². The highest BCUT2D eigenvalue weighted by atomic mass is 15.3. The molecule has 2 heterocycles. The zero-order chi connectivity index (χ0) is 13.9. The maximum Gasteiger partial charge on any atom is 0.0538 e. The standard InChI is InChI=1S/C16H28N4/c1-2-19-12-14(11-18-19)16(10-17)20-9-5-8-15(20)13-6-3-4-7-13/h11-13,15-16H,2-10,17H2,1H3. The molecular formula is C16H28N4. The third kappa shape index (κ3) is 2.63. The first-order chi connectivity index (χ1) is 9.83. The van der Waals surface area contributed by atoms with Gasteiger partial charge in [0.15, 0.2) is 0 Å². The molecule has 2 aliphatic rings. The van der Waals surface area contributed by atoms with Crippen molar-refractivity contribution in [1.29, 1.82) is 0 Å². The van der Waals surface area contributed by atoms with Crippen LogP contribution in [-0.4, -0.2) is 33.8 Å². The molecule has 2 fully saturated rings. The number of hydrogen-bond acceptors (Lipinski definition) is 3. The maximum atomic E-state index is 6.12. The van der Waals surface area contributed by atoms with Crippen molar-refractivity contribution in [2.45, 2.75) is 64.1 Å². The van der Waals surface area contributed by atoms with Gasteiger partial charge in [0, 0.05) is 30.9 Å². The van der Waals surface area contributed by atoms with Gasteiger partial charge in [-0.25, -0.2) is 0 Å². The topological polar surface area (TPSA) is 47.1 Å². The van der Waals surface area contributed by atoms with Gasteiger partial charge in [-0.1, -0.05) is 12.8 Å². The predicted molar refractivity (Wildman–Crippen MR) is 81.4 cm³/mol. The van der Waals surface area contributed by atoms with Crippen molar-refractivity contribution in [1.82, 2.24) is 14.7 Å². The minimum Gasteiger partial charge on any atom is -0.329 e. The summed E-state index contributed by atoms with van der Waals surface area (Å²) < 4.78 is 2.01. The van der Waals surface area contributed by atoms with Gasteiger partial charge in [-0.05, 0) is 45.1 Å². The van der Waals surface area contributed by atoms with E-state index in [4.69, 9.17) is 5.73 Å². The Balaban J connectivity index is 1.76. The highest BCUT2D eigenvalue weighted by Gasteiger charge is 2.37. The molecule has 2 N–H and O–H groups in total. The van der Waals surface area contributed by atoms with Gasteiger partial charge in [0.05, 0.1) is 12.2 Å². The van der Waals surface area contributed by atoms with E-state index in [1.165, 1.54) is 50.6 Å². The number of nitrogens with zero attached hydrogens (tertiary/aromatic N) is 3. The molecule has 1 aromatic heterocycles. The molecule has 1 aliphatic heterocycles. The first-order valence-corrected chi connectivity index (χ1v) is 8.31. The zero-order valence-corrected chi connectivity index (χ0v) is 12.7. The van der Waals surface area contributed by atoms with Gasteiger partial charge >= 0.3 is 0 Å². The minimum atomic E-state index is 0.364. The van der Waals surface area contributed by atoms with Gasteiger partial charge in [-0.3, -0.25) is 9.58 Å². The fourth-order valence-corrected chi connectivity index (χ4v) is 4.24. The van der Waals surface area contributed by atoms with E-state index in [1.807, 2.05) is 10.9 Å². The van der Waals surface area contributed by atoms with Crippen molar-refractivity contribution in [3.63, 3.8) is 0 Å². The van der Waals surface area contributed by atoms with Gasteiger partial charge in [-0.15, -0.1) is 0 Å². The molecular weight excluding hydrogens is 248 g/mol. The quantitative estimate of drug-likeness (QED) is 0.899. The van der Waals surface area contributed by atoms with E-state index in [9.17, 15) is 0 Å². The molecule has 0 radical (unpaired) electrons. The van der Waals surface area contributed by atoms with Gasteiger partial charge < -0.3 is 5.73 Å². The summed E-state index contributed by atoms with van der Waals surface area (Å²) in [5, 5.41) is 4.43. The fourth-order valence-electron chi connectivity index (χ4n) is 4.24. The molecule has 112 valence electrons. The second kappa shape index (κ2) is 6.27. The molecule has 0 bridgehead atoms. The second-order valence-electron chi connectivity index (χ2n) is 6.37. The normalized spacial score (nSPS) is 26.4. The summed E-state index contributed by atoms with van der Waals surface area (Å²) in [5.74, 6) is 0.910. The number of aromatic nitrogens is 2. The minimum absolute atomic E-state index is 0.364. The Morgan fingerprint density at radius 3 is 2.75 bits per heavy atom. The van der Waals surface area contributed by atoms with Crippen molar-refractivity contribution in [3.05, 3.63) is 18.0 Å². The van der Waals surface area contributed by atoms with Crippen LogP contribution < -0.4 is 5.73 Å². The molecule has 3 rings (SSSR count). The summed E-state index contributed by atoms with van der Waals surface area (Å²) >= 11 is 0. The summed E-state index contributed by atoms with van der Waals surface area (Å²) in [4.78, 5) is 2.69. The van der Waals surface area contributed by atoms with Crippen LogP contribution in [0.3, 0.4) is 0 Å². The Hall–Kier alpha value is -0.870. The summed E-state index contributed by atoms with van der Waals surface area (Å²) in [6.45, 7) is 4.98. The summed E-state index contributed by atoms with van der Waals surface area (Å²) in [6.07, 6.45) is 12.6. The summed E-state index contributed by atoms with van der Waals surface area (Å²) in [7, 11) is 0. The molecule has 1 aromatic rings. The SMILES string of the molecule is CCn1cc(C(CN)N2CCCC2C2CCCC2)cn1. The van der Waals surface area contributed by atoms with E-state index in [-0.39, 0.29) is 0 Å². The van der Waals surface area contributed by atoms with Crippen LogP contribution >= 0.6 is 0 Å². The predicted octanol–water partition coefficient (Wildman–Crippen LogP) is 2.56. The number of nitrogens with two attached hydrogens (primary N) is 1. The molecule has 1 aliphatic carbocycles. The van der Waals surface area contributed by atoms with Crippen molar-refractivity contribution in [2.24, 2.45) is 11.7 Å². The molecule has 0 amide bonds. The lowest BCUT2D eigenvalue weighted by atomic mass is 9.94. The average molecular weight is 276 g/mol. The first-order valence-electron chi connectivity index (χ1n) is 8.31. The molecule has 1 saturated carbocycles. The Labute approximate surface area is 122 Å². The lowest BCUT2D eigenvalue weighted by Gasteiger charge is -2.35. The van der Waals surface area contributed by atoms with Gasteiger partial charge in [0.25, 0.3) is 0 Å². The smallest absolute Gasteiger partial charge is 0.0538 e. The number of rotatable bonds is 5. The van der Waals surface area contributed by atoms with E-state index in [1.54, 1.807) is 0 Å². The molecule has 20 heavy (non-hydrogen) atoms. The molecule has 2 unspecified atom stereocenters. The zero-order valence-electron chi connectivity index (χ0n) is 12.7. The van der Waals surface area contributed by atoms with Crippen LogP contribution in [0, 0.1) is 5.92 Å². The highest BCUT2D eigenvalue weighted by molar-refractivity contribution is 5.13. The van der Waals surface area contributed by atoms with Crippen LogP contribution in [0.1, 0.15) is 57.1 Å². The van der Waals surface area contributed by atoms with E-state index >= 15 is 0 Å². The van der Waals surface area contributed by atoms with Crippen LogP contribution in [-0.2, 0) is 6.54 Å². The highest BCUT2D eigenvalue weighted by Crippen LogP contribution is 2.39. The largest absolute Gasteiger partial charge is 0.329 e. The fraction of sp³-hybridized carbons (Fsp3) is 0.812. The lowest BCUT2D eigenvalue weighted by molar-refractivity contribution is 0.138. The molecule has 4 nitrogen and oxygen atoms in total. The second-order valence-corrected chi connectivity index (χ2v) is 6.37. The van der Waals surface area contributed by atoms with Crippen LogP contribution in [0.4, 0.5) is 0 Å². The van der Waals surface area contributed by atoms with Crippen LogP contribution in [0.25, 0.3) is 0 Å². The summed E-state index contributed by atoms with van der Waals surface area (Å²) in [5.41, 5.74) is 7.42. The Kier molecular flexibility index (Phi) is 4.41. The molecule has 0 spiro atoms. The summed E-state index contributed by atoms with van der Waals surface area (Å²) in [6, 6.07) is 1.12. The van der Waals surface area contributed by atoms with Crippen LogP contribution in [0.15, 0.2) is 12.4 Å². The Morgan fingerprint density at radius 1 is 1.30 bits per heavy atom. The van der Waals surface area contributed by atoms with Crippen LogP contribution in [0.5, 0.6) is 0 Å². The average Bonchev–Trinajstić information content (AvgIpc) is 3.21. The number of likely N-dealkylation sites (tertiary alicyclic amines) is 1. The monoisotopic (exact) mass is 276 g/mol. The van der Waals surface area contributed by atoms with Gasteiger partial charge in [-0.2, -0.15) is 5.10 Å². The van der Waals surface area contributed by atoms with Gasteiger partial charge in [0.1, 0.15) is 0 Å². The molecule has 0 aromatic carbocycles. The Bertz CT molecular complexity index is 422. The van der Waals surface area contributed by atoms with Crippen molar-refractivity contribution >= 4 is 0 Å². The molecule has 4 heteroatoms. The van der Waals surface area contributed by atoms with Crippen molar-refractivity contribution < 1.29 is 0 Å². The Morgan fingerprint density at radius 2 is 2.10 bits per heavy atom. The van der Waals surface area contributed by atoms with E-state index in [0.29, 0.717) is 12.6 Å². The van der Waals surface area contributed by atoms with Crippen molar-refractivity contribution in [3.8, 4) is 0 Å². The van der Waals surface area contributed by atoms with Gasteiger partial charge in [0.2, 0.25) is 0 Å². The van der Waals surface area contributed by atoms with E-state index < -0.39 is 0 Å². The molecule has 2 atom stereocenters. The third-order valence-electron chi connectivity index (χ3n) is 5.27. The number of hydrogen-bond donors (Lipinski definition) is 1. The van der Waals surface area contributed by atoms with E-state index in [0.717, 1.165) is 18.5 Å². The third-order valence-corrected chi connectivity index (χ3v) is 5.27. The number of aryl methyl sites for hydroxylation is 1. The van der Waals surface area contributed by atoms with E-state index in [2.05, 4.69) is 23.1 Å². The van der Waals surface area contributed by atoms with Crippen LogP contribution in [0.2, 0.25) is 0 Å². The molecule has 1 saturated heterocycles. The maximum absolute atomic E-state index is 6.12. The first kappa shape index (κ1) is 14.1. The lowest BCUT2D eigenvalue weighted by Crippen LogP contribution is -2.40.